The lowest BCUT2D eigenvalue weighted by Crippen LogP contribution is -2.46. The number of aromatic nitrogens is 1. The molecule has 2 aromatic carbocycles. The molecule has 1 unspecified atom stereocenters. The maximum atomic E-state index is 12.8. The maximum Gasteiger partial charge on any atom is 0.266 e. The molecule has 1 aliphatic rings. The largest absolute Gasteiger partial charge is 0.375 e. The maximum absolute atomic E-state index is 12.8. The molecular formula is C20H21N3O2S. The van der Waals surface area contributed by atoms with Crippen molar-refractivity contribution in [2.75, 3.05) is 25.4 Å². The number of nitrogens with two attached hydrogens (primary N) is 1. The number of nitrogens with zero attached hydrogens (tertiary/aromatic N) is 2. The lowest BCUT2D eigenvalue weighted by molar-refractivity contribution is -0.0205. The summed E-state index contributed by atoms with van der Waals surface area (Å²) < 4.78 is 5.95. The number of nitrogen functional groups attached to an aromatic ring is 1. The highest BCUT2D eigenvalue weighted by molar-refractivity contribution is 7.17. The molecule has 0 spiro atoms. The Balaban J connectivity index is 1.52. The number of morpholine rings is 1. The highest BCUT2D eigenvalue weighted by Gasteiger charge is 2.27. The summed E-state index contributed by atoms with van der Waals surface area (Å²) in [6.45, 7) is 3.56. The van der Waals surface area contributed by atoms with E-state index in [0.717, 1.165) is 6.42 Å². The summed E-state index contributed by atoms with van der Waals surface area (Å²) >= 11 is 1.26. The third-order valence-corrected chi connectivity index (χ3v) is 5.74. The Labute approximate surface area is 156 Å². The van der Waals surface area contributed by atoms with E-state index in [4.69, 9.17) is 10.5 Å². The minimum absolute atomic E-state index is 0.00270. The van der Waals surface area contributed by atoms with E-state index in [-0.39, 0.29) is 12.0 Å². The van der Waals surface area contributed by atoms with Crippen LogP contribution in [-0.4, -0.2) is 41.6 Å². The van der Waals surface area contributed by atoms with Gasteiger partial charge in [-0.25, -0.2) is 4.98 Å². The molecule has 5 nitrogen and oxygen atoms in total. The number of anilines is 1. The third-order valence-electron chi connectivity index (χ3n) is 4.76. The summed E-state index contributed by atoms with van der Waals surface area (Å²) in [6, 6.07) is 14.7. The predicted octanol–water partition coefficient (Wildman–Crippen LogP) is 3.27. The first kappa shape index (κ1) is 17.0. The zero-order valence-corrected chi connectivity index (χ0v) is 15.5. The summed E-state index contributed by atoms with van der Waals surface area (Å²) in [5.41, 5.74) is 7.69. The van der Waals surface area contributed by atoms with Crippen molar-refractivity contribution in [2.24, 2.45) is 0 Å². The van der Waals surface area contributed by atoms with Crippen LogP contribution in [0.4, 0.5) is 5.13 Å². The fourth-order valence-corrected chi connectivity index (χ4v) is 4.30. The van der Waals surface area contributed by atoms with E-state index in [9.17, 15) is 4.79 Å². The molecule has 1 atom stereocenters. The smallest absolute Gasteiger partial charge is 0.266 e. The van der Waals surface area contributed by atoms with Gasteiger partial charge in [-0.1, -0.05) is 53.8 Å². The zero-order valence-electron chi connectivity index (χ0n) is 14.6. The molecule has 0 bridgehead atoms. The van der Waals surface area contributed by atoms with Gasteiger partial charge in [-0.3, -0.25) is 4.79 Å². The van der Waals surface area contributed by atoms with Crippen LogP contribution in [0, 0.1) is 6.92 Å². The average molecular weight is 367 g/mol. The average Bonchev–Trinajstić information content (AvgIpc) is 3.00. The van der Waals surface area contributed by atoms with Gasteiger partial charge in [-0.15, -0.1) is 0 Å². The number of carbonyl (C=O) groups is 1. The van der Waals surface area contributed by atoms with Gasteiger partial charge in [0.2, 0.25) is 0 Å². The standard InChI is InChI=1S/C20H21N3O2S/c1-13-18(26-20(21)22-13)19(24)23-9-10-25-16(12-23)11-15-7-4-6-14-5-2-3-8-17(14)15/h2-8,16H,9-12H2,1H3,(H2,21,22). The normalized spacial score (nSPS) is 17.6. The molecule has 1 amide bonds. The molecule has 4 rings (SSSR count). The van der Waals surface area contributed by atoms with Gasteiger partial charge in [0.05, 0.1) is 18.4 Å². The first-order valence-corrected chi connectivity index (χ1v) is 9.54. The van der Waals surface area contributed by atoms with Crippen LogP contribution in [-0.2, 0) is 11.2 Å². The summed E-state index contributed by atoms with van der Waals surface area (Å²) in [7, 11) is 0. The number of benzene rings is 2. The summed E-state index contributed by atoms with van der Waals surface area (Å²) in [4.78, 5) is 19.5. The van der Waals surface area contributed by atoms with E-state index in [1.54, 1.807) is 0 Å². The fourth-order valence-electron chi connectivity index (χ4n) is 3.50. The second-order valence-electron chi connectivity index (χ2n) is 6.55. The quantitative estimate of drug-likeness (QED) is 0.771. The molecular weight excluding hydrogens is 346 g/mol. The van der Waals surface area contributed by atoms with Gasteiger partial charge in [-0.05, 0) is 23.3 Å². The number of amides is 1. The molecule has 2 heterocycles. The van der Waals surface area contributed by atoms with Crippen LogP contribution in [0.2, 0.25) is 0 Å². The van der Waals surface area contributed by atoms with Gasteiger partial charge in [0.1, 0.15) is 4.88 Å². The third kappa shape index (κ3) is 3.30. The van der Waals surface area contributed by atoms with Crippen molar-refractivity contribution >= 4 is 33.1 Å². The molecule has 0 aliphatic carbocycles. The minimum atomic E-state index is -0.0101. The van der Waals surface area contributed by atoms with Gasteiger partial charge < -0.3 is 15.4 Å². The monoisotopic (exact) mass is 367 g/mol. The summed E-state index contributed by atoms with van der Waals surface area (Å²) in [5.74, 6) is 0.00270. The van der Waals surface area contributed by atoms with Gasteiger partial charge in [0.15, 0.2) is 5.13 Å². The van der Waals surface area contributed by atoms with Crippen molar-refractivity contribution in [2.45, 2.75) is 19.4 Å². The summed E-state index contributed by atoms with van der Waals surface area (Å²) in [5, 5.41) is 2.91. The van der Waals surface area contributed by atoms with E-state index >= 15 is 0 Å². The first-order valence-electron chi connectivity index (χ1n) is 8.72. The predicted molar refractivity (Wildman–Crippen MR) is 105 cm³/mol. The van der Waals surface area contributed by atoms with Crippen LogP contribution in [0.25, 0.3) is 10.8 Å². The molecule has 1 aromatic heterocycles. The van der Waals surface area contributed by atoms with Crippen LogP contribution in [0.1, 0.15) is 20.9 Å². The van der Waals surface area contributed by atoms with Crippen LogP contribution in [0.15, 0.2) is 42.5 Å². The lowest BCUT2D eigenvalue weighted by atomic mass is 9.99. The summed E-state index contributed by atoms with van der Waals surface area (Å²) in [6.07, 6.45) is 0.777. The number of carbonyl (C=O) groups excluding carboxylic acids is 1. The van der Waals surface area contributed by atoms with Crippen LogP contribution < -0.4 is 5.73 Å². The first-order chi connectivity index (χ1) is 12.6. The Morgan fingerprint density at radius 3 is 2.92 bits per heavy atom. The number of aryl methyl sites for hydroxylation is 1. The SMILES string of the molecule is Cc1nc(N)sc1C(=O)N1CCOC(Cc2cccc3ccccc23)C1. The van der Waals surface area contributed by atoms with E-state index in [1.807, 2.05) is 17.9 Å². The van der Waals surface area contributed by atoms with Crippen molar-refractivity contribution in [1.82, 2.24) is 9.88 Å². The number of thiazole rings is 1. The molecule has 2 N–H and O–H groups in total. The molecule has 0 saturated carbocycles. The van der Waals surface area contributed by atoms with Gasteiger partial charge in [-0.2, -0.15) is 0 Å². The van der Waals surface area contributed by atoms with E-state index in [2.05, 4.69) is 41.4 Å². The second kappa shape index (κ2) is 7.05. The van der Waals surface area contributed by atoms with Gasteiger partial charge >= 0.3 is 0 Å². The Morgan fingerprint density at radius 1 is 1.31 bits per heavy atom. The Bertz CT molecular complexity index is 948. The van der Waals surface area contributed by atoms with E-state index < -0.39 is 0 Å². The van der Waals surface area contributed by atoms with Crippen molar-refractivity contribution in [1.29, 1.82) is 0 Å². The van der Waals surface area contributed by atoms with Gasteiger partial charge in [0, 0.05) is 19.5 Å². The van der Waals surface area contributed by atoms with Crippen LogP contribution in [0.3, 0.4) is 0 Å². The molecule has 26 heavy (non-hydrogen) atoms. The molecule has 1 saturated heterocycles. The second-order valence-corrected chi connectivity index (χ2v) is 7.58. The number of fused-ring (bicyclic) bond motifs is 1. The molecule has 0 radical (unpaired) electrons. The van der Waals surface area contributed by atoms with Gasteiger partial charge in [0.25, 0.3) is 5.91 Å². The number of rotatable bonds is 3. The molecule has 1 aliphatic heterocycles. The van der Waals surface area contributed by atoms with Crippen molar-refractivity contribution < 1.29 is 9.53 Å². The van der Waals surface area contributed by atoms with Crippen LogP contribution >= 0.6 is 11.3 Å². The molecule has 134 valence electrons. The van der Waals surface area contributed by atoms with Crippen LogP contribution in [0.5, 0.6) is 0 Å². The number of hydrogen-bond acceptors (Lipinski definition) is 5. The fraction of sp³-hybridized carbons (Fsp3) is 0.300. The molecule has 6 heteroatoms. The van der Waals surface area contributed by atoms with E-state index in [1.165, 1.54) is 27.7 Å². The topological polar surface area (TPSA) is 68.5 Å². The Hall–Kier alpha value is -2.44. The van der Waals surface area contributed by atoms with Crippen molar-refractivity contribution in [3.63, 3.8) is 0 Å². The zero-order chi connectivity index (χ0) is 18.1. The van der Waals surface area contributed by atoms with Crippen molar-refractivity contribution in [3.8, 4) is 0 Å². The number of ether oxygens (including phenoxy) is 1. The highest BCUT2D eigenvalue weighted by atomic mass is 32.1. The van der Waals surface area contributed by atoms with E-state index in [0.29, 0.717) is 35.4 Å². The Morgan fingerprint density at radius 2 is 2.12 bits per heavy atom. The molecule has 3 aromatic rings. The molecule has 1 fully saturated rings. The highest BCUT2D eigenvalue weighted by Crippen LogP contribution is 2.24. The van der Waals surface area contributed by atoms with Crippen molar-refractivity contribution in [3.05, 3.63) is 58.6 Å². The number of hydrogen-bond donors (Lipinski definition) is 1. The minimum Gasteiger partial charge on any atom is -0.375 e. The lowest BCUT2D eigenvalue weighted by Gasteiger charge is -2.33. The Kier molecular flexibility index (Phi) is 4.61.